The molecule has 5 heteroatoms. The van der Waals surface area contributed by atoms with Gasteiger partial charge in [-0.2, -0.15) is 0 Å². The first-order valence-electron chi connectivity index (χ1n) is 7.55. The molecule has 0 aliphatic heterocycles. The van der Waals surface area contributed by atoms with E-state index in [0.717, 1.165) is 29.7 Å². The summed E-state index contributed by atoms with van der Waals surface area (Å²) in [6.07, 6.45) is 1.58. The van der Waals surface area contributed by atoms with Crippen molar-refractivity contribution in [2.75, 3.05) is 31.7 Å². The number of methoxy groups -OCH3 is 1. The smallest absolute Gasteiger partial charge is 0.341 e. The Bertz CT molecular complexity index is 666. The fourth-order valence-corrected chi connectivity index (χ4v) is 2.59. The van der Waals surface area contributed by atoms with E-state index >= 15 is 0 Å². The second-order valence-electron chi connectivity index (χ2n) is 4.77. The van der Waals surface area contributed by atoms with Gasteiger partial charge in [-0.15, -0.1) is 0 Å². The van der Waals surface area contributed by atoms with E-state index < -0.39 is 0 Å². The summed E-state index contributed by atoms with van der Waals surface area (Å²) >= 11 is 0. The Kier molecular flexibility index (Phi) is 5.20. The van der Waals surface area contributed by atoms with E-state index in [1.165, 1.54) is 0 Å². The number of ether oxygens (including phenoxy) is 2. The minimum absolute atomic E-state index is 0.340. The van der Waals surface area contributed by atoms with E-state index in [2.05, 4.69) is 23.7 Å². The molecule has 2 aromatic rings. The molecule has 0 bridgehead atoms. The lowest BCUT2D eigenvalue weighted by atomic mass is 10.1. The first-order valence-corrected chi connectivity index (χ1v) is 7.55. The van der Waals surface area contributed by atoms with Crippen molar-refractivity contribution < 1.29 is 14.3 Å². The fourth-order valence-electron chi connectivity index (χ4n) is 2.59. The predicted molar refractivity (Wildman–Crippen MR) is 87.8 cm³/mol. The molecule has 1 aromatic heterocycles. The fraction of sp³-hybridized carbons (Fsp3) is 0.412. The molecular formula is C17H22N2O3. The van der Waals surface area contributed by atoms with Crippen molar-refractivity contribution in [1.82, 2.24) is 4.98 Å². The molecule has 5 nitrogen and oxygen atoms in total. The van der Waals surface area contributed by atoms with Crippen molar-refractivity contribution in [3.8, 4) is 5.75 Å². The zero-order chi connectivity index (χ0) is 16.1. The van der Waals surface area contributed by atoms with Crippen LogP contribution in [0.4, 0.5) is 5.69 Å². The van der Waals surface area contributed by atoms with Gasteiger partial charge >= 0.3 is 5.97 Å². The number of esters is 1. The molecule has 22 heavy (non-hydrogen) atoms. The monoisotopic (exact) mass is 302 g/mol. The molecule has 0 saturated heterocycles. The molecule has 1 aromatic carbocycles. The van der Waals surface area contributed by atoms with Crippen LogP contribution in [-0.2, 0) is 4.74 Å². The molecule has 0 unspecified atom stereocenters. The van der Waals surface area contributed by atoms with Crippen LogP contribution in [0.2, 0.25) is 0 Å². The average molecular weight is 302 g/mol. The maximum atomic E-state index is 12.3. The second kappa shape index (κ2) is 7.11. The van der Waals surface area contributed by atoms with Gasteiger partial charge in [0.2, 0.25) is 0 Å². The van der Waals surface area contributed by atoms with E-state index in [0.29, 0.717) is 17.9 Å². The van der Waals surface area contributed by atoms with Crippen molar-refractivity contribution in [1.29, 1.82) is 0 Å². The van der Waals surface area contributed by atoms with Gasteiger partial charge in [-0.05, 0) is 26.8 Å². The molecule has 0 saturated carbocycles. The first kappa shape index (κ1) is 16.1. The number of hydrogen-bond donors (Lipinski definition) is 0. The number of pyridine rings is 1. The third kappa shape index (κ3) is 2.84. The Morgan fingerprint density at radius 1 is 1.23 bits per heavy atom. The molecule has 0 aliphatic carbocycles. The van der Waals surface area contributed by atoms with Gasteiger partial charge in [-0.25, -0.2) is 4.79 Å². The largest absolute Gasteiger partial charge is 0.494 e. The summed E-state index contributed by atoms with van der Waals surface area (Å²) in [6.45, 7) is 7.84. The summed E-state index contributed by atoms with van der Waals surface area (Å²) in [5.41, 5.74) is 2.10. The average Bonchev–Trinajstić information content (AvgIpc) is 2.55. The van der Waals surface area contributed by atoms with Crippen molar-refractivity contribution in [3.05, 3.63) is 30.0 Å². The van der Waals surface area contributed by atoms with Crippen LogP contribution in [0.1, 0.15) is 31.1 Å². The first-order chi connectivity index (χ1) is 10.7. The van der Waals surface area contributed by atoms with Crippen LogP contribution in [0.3, 0.4) is 0 Å². The van der Waals surface area contributed by atoms with Crippen LogP contribution in [-0.4, -0.2) is 37.8 Å². The number of fused-ring (bicyclic) bond motifs is 1. The molecule has 1 heterocycles. The lowest BCUT2D eigenvalue weighted by molar-refractivity contribution is 0.0527. The van der Waals surface area contributed by atoms with Crippen LogP contribution in [0.5, 0.6) is 5.75 Å². The van der Waals surface area contributed by atoms with Crippen molar-refractivity contribution >= 4 is 22.6 Å². The molecule has 0 spiro atoms. The molecule has 118 valence electrons. The standard InChI is InChI=1S/C17H22N2O3/c1-5-19(6-2)16-12-9-8-10-14(21-4)15(12)18-11-13(16)17(20)22-7-3/h8-11H,5-7H2,1-4H3. The van der Waals surface area contributed by atoms with Crippen molar-refractivity contribution in [3.63, 3.8) is 0 Å². The van der Waals surface area contributed by atoms with E-state index in [1.54, 1.807) is 20.2 Å². The number of carbonyl (C=O) groups is 1. The van der Waals surface area contributed by atoms with Crippen LogP contribution >= 0.6 is 0 Å². The van der Waals surface area contributed by atoms with Gasteiger partial charge in [0.25, 0.3) is 0 Å². The molecule has 0 fully saturated rings. The van der Waals surface area contributed by atoms with Crippen molar-refractivity contribution in [2.24, 2.45) is 0 Å². The van der Waals surface area contributed by atoms with Crippen LogP contribution in [0, 0.1) is 0 Å². The lowest BCUT2D eigenvalue weighted by Gasteiger charge is -2.25. The van der Waals surface area contributed by atoms with Gasteiger partial charge in [0.15, 0.2) is 0 Å². The number of para-hydroxylation sites is 1. The highest BCUT2D eigenvalue weighted by Gasteiger charge is 2.21. The van der Waals surface area contributed by atoms with Gasteiger partial charge in [0.05, 0.1) is 19.4 Å². The highest BCUT2D eigenvalue weighted by atomic mass is 16.5. The van der Waals surface area contributed by atoms with E-state index in [4.69, 9.17) is 9.47 Å². The van der Waals surface area contributed by atoms with Crippen molar-refractivity contribution in [2.45, 2.75) is 20.8 Å². The Labute approximate surface area is 130 Å². The normalized spacial score (nSPS) is 10.5. The summed E-state index contributed by atoms with van der Waals surface area (Å²) in [6, 6.07) is 5.73. The maximum Gasteiger partial charge on any atom is 0.341 e. The Morgan fingerprint density at radius 3 is 2.55 bits per heavy atom. The van der Waals surface area contributed by atoms with Gasteiger partial charge < -0.3 is 14.4 Å². The summed E-state index contributed by atoms with van der Waals surface area (Å²) in [7, 11) is 1.62. The summed E-state index contributed by atoms with van der Waals surface area (Å²) in [5, 5.41) is 0.897. The number of carbonyl (C=O) groups excluding carboxylic acids is 1. The van der Waals surface area contributed by atoms with E-state index in [9.17, 15) is 4.79 Å². The quantitative estimate of drug-likeness (QED) is 0.767. The molecule has 0 amide bonds. The zero-order valence-corrected chi connectivity index (χ0v) is 13.5. The molecule has 0 aliphatic rings. The van der Waals surface area contributed by atoms with Crippen LogP contribution in [0.25, 0.3) is 10.9 Å². The van der Waals surface area contributed by atoms with Gasteiger partial charge in [0, 0.05) is 24.7 Å². The number of nitrogens with zero attached hydrogens (tertiary/aromatic N) is 2. The number of benzene rings is 1. The molecule has 0 radical (unpaired) electrons. The number of hydrogen-bond acceptors (Lipinski definition) is 5. The molecular weight excluding hydrogens is 280 g/mol. The van der Waals surface area contributed by atoms with Crippen LogP contribution < -0.4 is 9.64 Å². The molecule has 0 atom stereocenters. The highest BCUT2D eigenvalue weighted by molar-refractivity contribution is 6.06. The third-order valence-electron chi connectivity index (χ3n) is 3.63. The van der Waals surface area contributed by atoms with Gasteiger partial charge in [0.1, 0.15) is 16.8 Å². The van der Waals surface area contributed by atoms with E-state index in [-0.39, 0.29) is 5.97 Å². The molecule has 2 rings (SSSR count). The Balaban J connectivity index is 2.75. The zero-order valence-electron chi connectivity index (χ0n) is 13.5. The summed E-state index contributed by atoms with van der Waals surface area (Å²) in [4.78, 5) is 18.8. The maximum absolute atomic E-state index is 12.3. The topological polar surface area (TPSA) is 51.7 Å². The van der Waals surface area contributed by atoms with Gasteiger partial charge in [-0.1, -0.05) is 12.1 Å². The Morgan fingerprint density at radius 2 is 1.95 bits per heavy atom. The lowest BCUT2D eigenvalue weighted by Crippen LogP contribution is -2.25. The number of aromatic nitrogens is 1. The SMILES string of the molecule is CCOC(=O)c1cnc2c(OC)cccc2c1N(CC)CC. The third-order valence-corrected chi connectivity index (χ3v) is 3.63. The second-order valence-corrected chi connectivity index (χ2v) is 4.77. The number of rotatable bonds is 6. The van der Waals surface area contributed by atoms with E-state index in [1.807, 2.05) is 18.2 Å². The number of anilines is 1. The minimum atomic E-state index is -0.346. The summed E-state index contributed by atoms with van der Waals surface area (Å²) in [5.74, 6) is 0.350. The Hall–Kier alpha value is -2.30. The molecule has 0 N–H and O–H groups in total. The highest BCUT2D eigenvalue weighted by Crippen LogP contribution is 2.34. The predicted octanol–water partition coefficient (Wildman–Crippen LogP) is 3.27. The van der Waals surface area contributed by atoms with Gasteiger partial charge in [-0.3, -0.25) is 4.98 Å². The minimum Gasteiger partial charge on any atom is -0.494 e. The van der Waals surface area contributed by atoms with Crippen LogP contribution in [0.15, 0.2) is 24.4 Å². The summed E-state index contributed by atoms with van der Waals surface area (Å²) < 4.78 is 10.6.